The molecule has 16 heavy (non-hydrogen) atoms. The van der Waals surface area contributed by atoms with E-state index in [1.54, 1.807) is 6.20 Å². The number of rotatable bonds is 2. The van der Waals surface area contributed by atoms with Gasteiger partial charge in [-0.15, -0.1) is 0 Å². The Morgan fingerprint density at radius 2 is 2.44 bits per heavy atom. The molecule has 1 fully saturated rings. The average Bonchev–Trinajstić information content (AvgIpc) is 2.77. The highest BCUT2D eigenvalue weighted by molar-refractivity contribution is 5.73. The normalized spacial score (nSPS) is 19.9. The van der Waals surface area contributed by atoms with Gasteiger partial charge in [0.1, 0.15) is 0 Å². The number of hydrogen-bond donors (Lipinski definition) is 0. The zero-order valence-electron chi connectivity index (χ0n) is 9.51. The number of aromatic nitrogens is 2. The molecular formula is C11H15N3O2. The summed E-state index contributed by atoms with van der Waals surface area (Å²) in [5, 5.41) is 0. The molecular weight excluding hydrogens is 206 g/mol. The van der Waals surface area contributed by atoms with E-state index >= 15 is 0 Å². The molecule has 86 valence electrons. The predicted molar refractivity (Wildman–Crippen MR) is 59.1 cm³/mol. The Kier molecular flexibility index (Phi) is 3.03. The van der Waals surface area contributed by atoms with Crippen molar-refractivity contribution in [2.75, 3.05) is 25.1 Å². The summed E-state index contributed by atoms with van der Waals surface area (Å²) in [7, 11) is 1.42. The molecule has 0 N–H and O–H groups in total. The van der Waals surface area contributed by atoms with Crippen LogP contribution in [0.5, 0.6) is 0 Å². The summed E-state index contributed by atoms with van der Waals surface area (Å²) in [6.07, 6.45) is 2.55. The first-order chi connectivity index (χ1) is 7.70. The molecule has 2 rings (SSSR count). The maximum absolute atomic E-state index is 11.4. The smallest absolute Gasteiger partial charge is 0.310 e. The lowest BCUT2D eigenvalue weighted by Crippen LogP contribution is -2.25. The van der Waals surface area contributed by atoms with E-state index in [-0.39, 0.29) is 11.9 Å². The van der Waals surface area contributed by atoms with Gasteiger partial charge in [0.05, 0.1) is 13.0 Å². The van der Waals surface area contributed by atoms with Gasteiger partial charge >= 0.3 is 5.97 Å². The first-order valence-electron chi connectivity index (χ1n) is 5.33. The molecule has 1 aromatic rings. The van der Waals surface area contributed by atoms with Crippen molar-refractivity contribution in [3.8, 4) is 0 Å². The number of hydrogen-bond acceptors (Lipinski definition) is 5. The van der Waals surface area contributed by atoms with E-state index in [9.17, 15) is 4.79 Å². The second-order valence-corrected chi connectivity index (χ2v) is 3.95. The van der Waals surface area contributed by atoms with Gasteiger partial charge in [-0.1, -0.05) is 0 Å². The first kappa shape index (κ1) is 10.9. The summed E-state index contributed by atoms with van der Waals surface area (Å²) in [5.74, 6) is 0.510. The van der Waals surface area contributed by atoms with Gasteiger partial charge in [0, 0.05) is 25.0 Å². The zero-order valence-corrected chi connectivity index (χ0v) is 9.51. The number of carbonyl (C=O) groups excluding carboxylic acids is 1. The fraction of sp³-hybridized carbons (Fsp3) is 0.545. The molecule has 0 aliphatic carbocycles. The second-order valence-electron chi connectivity index (χ2n) is 3.95. The number of nitrogens with zero attached hydrogens (tertiary/aromatic N) is 3. The minimum atomic E-state index is -0.143. The largest absolute Gasteiger partial charge is 0.469 e. The number of carbonyl (C=O) groups is 1. The number of esters is 1. The molecule has 1 aliphatic heterocycles. The van der Waals surface area contributed by atoms with Gasteiger partial charge in [-0.3, -0.25) is 4.79 Å². The third kappa shape index (κ3) is 2.13. The van der Waals surface area contributed by atoms with Crippen LogP contribution in [0.15, 0.2) is 12.3 Å². The van der Waals surface area contributed by atoms with Crippen LogP contribution in [0.2, 0.25) is 0 Å². The lowest BCUT2D eigenvalue weighted by molar-refractivity contribution is -0.144. The van der Waals surface area contributed by atoms with Crippen molar-refractivity contribution in [1.29, 1.82) is 0 Å². The molecule has 1 aliphatic rings. The van der Waals surface area contributed by atoms with Crippen molar-refractivity contribution in [2.24, 2.45) is 5.92 Å². The standard InChI is InChI=1S/C11H15N3O2/c1-8-3-5-12-11(13-8)14-6-4-9(7-14)10(15)16-2/h3,5,9H,4,6-7H2,1-2H3. The van der Waals surface area contributed by atoms with E-state index in [0.717, 1.165) is 18.7 Å². The number of ether oxygens (including phenoxy) is 1. The molecule has 1 unspecified atom stereocenters. The lowest BCUT2D eigenvalue weighted by Gasteiger charge is -2.15. The second kappa shape index (κ2) is 4.47. The molecule has 1 aromatic heterocycles. The van der Waals surface area contributed by atoms with Gasteiger partial charge in [0.2, 0.25) is 5.95 Å². The Bertz CT molecular complexity index is 395. The quantitative estimate of drug-likeness (QED) is 0.691. The van der Waals surface area contributed by atoms with E-state index in [1.807, 2.05) is 17.9 Å². The number of aryl methyl sites for hydroxylation is 1. The van der Waals surface area contributed by atoms with E-state index in [1.165, 1.54) is 7.11 Å². The van der Waals surface area contributed by atoms with Crippen LogP contribution in [0, 0.1) is 12.8 Å². The Hall–Kier alpha value is -1.65. The molecule has 0 spiro atoms. The summed E-state index contributed by atoms with van der Waals surface area (Å²) in [6, 6.07) is 1.86. The number of anilines is 1. The van der Waals surface area contributed by atoms with Crippen LogP contribution in [-0.4, -0.2) is 36.1 Å². The van der Waals surface area contributed by atoms with Gasteiger partial charge < -0.3 is 9.64 Å². The monoisotopic (exact) mass is 221 g/mol. The Balaban J connectivity index is 2.06. The Morgan fingerprint density at radius 3 is 3.12 bits per heavy atom. The molecule has 0 bridgehead atoms. The maximum Gasteiger partial charge on any atom is 0.310 e. The lowest BCUT2D eigenvalue weighted by atomic mass is 10.1. The highest BCUT2D eigenvalue weighted by Gasteiger charge is 2.30. The summed E-state index contributed by atoms with van der Waals surface area (Å²) in [4.78, 5) is 21.9. The molecule has 1 saturated heterocycles. The van der Waals surface area contributed by atoms with Crippen molar-refractivity contribution >= 4 is 11.9 Å². The van der Waals surface area contributed by atoms with Crippen LogP contribution in [0.4, 0.5) is 5.95 Å². The fourth-order valence-corrected chi connectivity index (χ4v) is 1.89. The van der Waals surface area contributed by atoms with Gasteiger partial charge in [-0.2, -0.15) is 0 Å². The third-order valence-electron chi connectivity index (χ3n) is 2.79. The van der Waals surface area contributed by atoms with Gasteiger partial charge in [0.25, 0.3) is 0 Å². The zero-order chi connectivity index (χ0) is 11.5. The topological polar surface area (TPSA) is 55.3 Å². The minimum Gasteiger partial charge on any atom is -0.469 e. The molecule has 5 heteroatoms. The predicted octanol–water partition coefficient (Wildman–Crippen LogP) is 0.784. The van der Waals surface area contributed by atoms with E-state index in [0.29, 0.717) is 12.5 Å². The molecule has 0 saturated carbocycles. The van der Waals surface area contributed by atoms with Crippen LogP contribution in [0.25, 0.3) is 0 Å². The van der Waals surface area contributed by atoms with Crippen LogP contribution in [0.1, 0.15) is 12.1 Å². The van der Waals surface area contributed by atoms with Crippen LogP contribution < -0.4 is 4.90 Å². The molecule has 5 nitrogen and oxygen atoms in total. The molecule has 1 atom stereocenters. The summed E-state index contributed by atoms with van der Waals surface area (Å²) < 4.78 is 4.74. The van der Waals surface area contributed by atoms with Crippen molar-refractivity contribution in [3.63, 3.8) is 0 Å². The van der Waals surface area contributed by atoms with Crippen LogP contribution in [-0.2, 0) is 9.53 Å². The highest BCUT2D eigenvalue weighted by atomic mass is 16.5. The Labute approximate surface area is 94.5 Å². The van der Waals surface area contributed by atoms with Gasteiger partial charge in [0.15, 0.2) is 0 Å². The SMILES string of the molecule is COC(=O)C1CCN(c2nccc(C)n2)C1. The molecule has 0 aromatic carbocycles. The van der Waals surface area contributed by atoms with Gasteiger partial charge in [-0.05, 0) is 19.4 Å². The van der Waals surface area contributed by atoms with Crippen molar-refractivity contribution in [3.05, 3.63) is 18.0 Å². The van der Waals surface area contributed by atoms with E-state index in [4.69, 9.17) is 4.74 Å². The minimum absolute atomic E-state index is 0.0471. The van der Waals surface area contributed by atoms with Crippen molar-refractivity contribution < 1.29 is 9.53 Å². The van der Waals surface area contributed by atoms with Gasteiger partial charge in [-0.25, -0.2) is 9.97 Å². The fourth-order valence-electron chi connectivity index (χ4n) is 1.89. The maximum atomic E-state index is 11.4. The summed E-state index contributed by atoms with van der Waals surface area (Å²) >= 11 is 0. The summed E-state index contributed by atoms with van der Waals surface area (Å²) in [6.45, 7) is 3.39. The van der Waals surface area contributed by atoms with E-state index < -0.39 is 0 Å². The average molecular weight is 221 g/mol. The molecule has 0 amide bonds. The molecule has 0 radical (unpaired) electrons. The van der Waals surface area contributed by atoms with E-state index in [2.05, 4.69) is 9.97 Å². The van der Waals surface area contributed by atoms with Crippen molar-refractivity contribution in [1.82, 2.24) is 9.97 Å². The Morgan fingerprint density at radius 1 is 1.62 bits per heavy atom. The van der Waals surface area contributed by atoms with Crippen molar-refractivity contribution in [2.45, 2.75) is 13.3 Å². The first-order valence-corrected chi connectivity index (χ1v) is 5.33. The van der Waals surface area contributed by atoms with Crippen LogP contribution in [0.3, 0.4) is 0 Å². The van der Waals surface area contributed by atoms with Crippen LogP contribution >= 0.6 is 0 Å². The molecule has 2 heterocycles. The third-order valence-corrected chi connectivity index (χ3v) is 2.79. The summed E-state index contributed by atoms with van der Waals surface area (Å²) in [5.41, 5.74) is 0.937. The number of methoxy groups -OCH3 is 1. The highest BCUT2D eigenvalue weighted by Crippen LogP contribution is 2.21.